The molecule has 0 aliphatic heterocycles. The summed E-state index contributed by atoms with van der Waals surface area (Å²) in [6.45, 7) is 3.62. The first-order chi connectivity index (χ1) is 10.0. The maximum absolute atomic E-state index is 11.5. The van der Waals surface area contributed by atoms with Crippen molar-refractivity contribution in [3.05, 3.63) is 36.5 Å². The zero-order valence-corrected chi connectivity index (χ0v) is 13.2. The number of pyridine rings is 1. The Balaban J connectivity index is 1.94. The van der Waals surface area contributed by atoms with E-state index in [2.05, 4.69) is 10.3 Å². The summed E-state index contributed by atoms with van der Waals surface area (Å²) in [5.74, 6) is 0. The highest BCUT2D eigenvalue weighted by Gasteiger charge is 2.13. The van der Waals surface area contributed by atoms with Crippen molar-refractivity contribution in [3.63, 3.8) is 0 Å². The lowest BCUT2D eigenvalue weighted by molar-refractivity contribution is 0.429. The number of sulfonamides is 1. The van der Waals surface area contributed by atoms with Crippen LogP contribution in [0.4, 0.5) is 5.69 Å². The van der Waals surface area contributed by atoms with Crippen LogP contribution in [0.2, 0.25) is 0 Å². The molecule has 0 bridgehead atoms. The monoisotopic (exact) mass is 307 g/mol. The van der Waals surface area contributed by atoms with Gasteiger partial charge in [-0.05, 0) is 18.6 Å². The Morgan fingerprint density at radius 2 is 2.00 bits per heavy atom. The zero-order valence-electron chi connectivity index (χ0n) is 12.4. The van der Waals surface area contributed by atoms with Gasteiger partial charge in [-0.2, -0.15) is 0 Å². The lowest BCUT2D eigenvalue weighted by Gasteiger charge is -2.18. The fourth-order valence-electron chi connectivity index (χ4n) is 2.29. The number of nitrogens with one attached hydrogen (secondary N) is 1. The summed E-state index contributed by atoms with van der Waals surface area (Å²) >= 11 is 0. The van der Waals surface area contributed by atoms with Crippen molar-refractivity contribution in [2.45, 2.75) is 13.3 Å². The Labute approximate surface area is 126 Å². The summed E-state index contributed by atoms with van der Waals surface area (Å²) in [5.41, 5.74) is 1.98. The van der Waals surface area contributed by atoms with Crippen LogP contribution in [0.1, 0.15) is 13.3 Å². The number of aromatic nitrogens is 1. The largest absolute Gasteiger partial charge is 0.384 e. The molecular formula is C15H21N3O2S. The number of anilines is 1. The van der Waals surface area contributed by atoms with Crippen molar-refractivity contribution >= 4 is 26.6 Å². The smallest absolute Gasteiger partial charge is 0.211 e. The van der Waals surface area contributed by atoms with Gasteiger partial charge in [0.25, 0.3) is 0 Å². The molecule has 21 heavy (non-hydrogen) atoms. The van der Waals surface area contributed by atoms with Gasteiger partial charge in [-0.1, -0.05) is 25.1 Å². The van der Waals surface area contributed by atoms with Gasteiger partial charge in [-0.15, -0.1) is 0 Å². The predicted octanol–water partition coefficient (Wildman–Crippen LogP) is 2.32. The summed E-state index contributed by atoms with van der Waals surface area (Å²) in [4.78, 5) is 4.32. The molecule has 0 atom stereocenters. The van der Waals surface area contributed by atoms with Gasteiger partial charge < -0.3 is 5.32 Å². The molecule has 1 aromatic heterocycles. The highest BCUT2D eigenvalue weighted by molar-refractivity contribution is 7.88. The van der Waals surface area contributed by atoms with Crippen LogP contribution in [0.3, 0.4) is 0 Å². The van der Waals surface area contributed by atoms with Crippen LogP contribution in [-0.2, 0) is 10.0 Å². The molecule has 0 saturated carbocycles. The number of nitrogens with zero attached hydrogens (tertiary/aromatic N) is 2. The molecule has 1 heterocycles. The van der Waals surface area contributed by atoms with E-state index >= 15 is 0 Å². The van der Waals surface area contributed by atoms with E-state index in [9.17, 15) is 8.42 Å². The second-order valence-corrected chi connectivity index (χ2v) is 6.89. The van der Waals surface area contributed by atoms with Crippen LogP contribution in [0, 0.1) is 0 Å². The molecule has 0 fully saturated rings. The van der Waals surface area contributed by atoms with E-state index in [-0.39, 0.29) is 0 Å². The highest BCUT2D eigenvalue weighted by atomic mass is 32.2. The van der Waals surface area contributed by atoms with E-state index in [0.717, 1.165) is 29.6 Å². The maximum Gasteiger partial charge on any atom is 0.211 e. The van der Waals surface area contributed by atoms with Gasteiger partial charge >= 0.3 is 0 Å². The minimum atomic E-state index is -3.10. The molecule has 2 aromatic rings. The first kappa shape index (κ1) is 15.7. The van der Waals surface area contributed by atoms with E-state index in [1.807, 2.05) is 37.3 Å². The van der Waals surface area contributed by atoms with Gasteiger partial charge in [-0.25, -0.2) is 12.7 Å². The Morgan fingerprint density at radius 1 is 1.24 bits per heavy atom. The molecule has 0 aliphatic carbocycles. The molecule has 114 valence electrons. The van der Waals surface area contributed by atoms with Crippen LogP contribution in [0.25, 0.3) is 10.9 Å². The highest BCUT2D eigenvalue weighted by Crippen LogP contribution is 2.20. The van der Waals surface area contributed by atoms with Crippen LogP contribution in [-0.4, -0.2) is 43.6 Å². The average Bonchev–Trinajstić information content (AvgIpc) is 2.46. The second kappa shape index (κ2) is 6.87. The Morgan fingerprint density at radius 3 is 2.71 bits per heavy atom. The lowest BCUT2D eigenvalue weighted by atomic mass is 10.2. The molecule has 0 unspecified atom stereocenters. The third-order valence-corrected chi connectivity index (χ3v) is 4.75. The molecule has 0 saturated heterocycles. The third kappa shape index (κ3) is 4.15. The summed E-state index contributed by atoms with van der Waals surface area (Å²) in [7, 11) is -3.10. The van der Waals surface area contributed by atoms with Crippen molar-refractivity contribution in [1.29, 1.82) is 0 Å². The number of para-hydroxylation sites is 1. The Bertz CT molecular complexity index is 696. The van der Waals surface area contributed by atoms with Crippen molar-refractivity contribution in [2.75, 3.05) is 31.2 Å². The second-order valence-electron chi connectivity index (χ2n) is 4.91. The van der Waals surface area contributed by atoms with Crippen molar-refractivity contribution in [3.8, 4) is 0 Å². The van der Waals surface area contributed by atoms with E-state index < -0.39 is 10.0 Å². The molecule has 0 aliphatic rings. The molecule has 1 aromatic carbocycles. The average molecular weight is 307 g/mol. The molecule has 0 radical (unpaired) electrons. The normalized spacial score (nSPS) is 12.0. The molecule has 0 amide bonds. The summed E-state index contributed by atoms with van der Waals surface area (Å²) < 4.78 is 24.5. The van der Waals surface area contributed by atoms with Gasteiger partial charge in [-0.3, -0.25) is 4.98 Å². The van der Waals surface area contributed by atoms with Gasteiger partial charge in [0, 0.05) is 36.9 Å². The van der Waals surface area contributed by atoms with Crippen molar-refractivity contribution in [1.82, 2.24) is 9.29 Å². The quantitative estimate of drug-likeness (QED) is 0.797. The number of benzene rings is 1. The van der Waals surface area contributed by atoms with Crippen LogP contribution in [0.5, 0.6) is 0 Å². The molecule has 2 rings (SSSR count). The van der Waals surface area contributed by atoms with Gasteiger partial charge in [0.2, 0.25) is 10.0 Å². The van der Waals surface area contributed by atoms with E-state index in [1.165, 1.54) is 10.6 Å². The maximum atomic E-state index is 11.5. The standard InChI is InChI=1S/C15H21N3O2S/c1-3-18(21(2,19)20)12-6-10-16-15-9-11-17-14-8-5-4-7-13(14)15/h4-5,7-9,11H,3,6,10,12H2,1-2H3,(H,16,17). The summed E-state index contributed by atoms with van der Waals surface area (Å²) in [6, 6.07) is 9.89. The molecule has 5 nitrogen and oxygen atoms in total. The van der Waals surface area contributed by atoms with Crippen LogP contribution < -0.4 is 5.32 Å². The van der Waals surface area contributed by atoms with Crippen molar-refractivity contribution < 1.29 is 8.42 Å². The number of rotatable bonds is 7. The van der Waals surface area contributed by atoms with Crippen molar-refractivity contribution in [2.24, 2.45) is 0 Å². The van der Waals surface area contributed by atoms with E-state index in [0.29, 0.717) is 13.1 Å². The topological polar surface area (TPSA) is 62.3 Å². The fourth-order valence-corrected chi connectivity index (χ4v) is 3.22. The minimum Gasteiger partial charge on any atom is -0.384 e. The SMILES string of the molecule is CCN(CCCNc1ccnc2ccccc12)S(C)(=O)=O. The minimum absolute atomic E-state index is 0.511. The molecular weight excluding hydrogens is 286 g/mol. The Kier molecular flexibility index (Phi) is 5.14. The predicted molar refractivity (Wildman–Crippen MR) is 86.9 cm³/mol. The Hall–Kier alpha value is -1.66. The van der Waals surface area contributed by atoms with E-state index in [4.69, 9.17) is 0 Å². The number of hydrogen-bond donors (Lipinski definition) is 1. The zero-order chi connectivity index (χ0) is 15.3. The van der Waals surface area contributed by atoms with Gasteiger partial charge in [0.05, 0.1) is 11.8 Å². The number of fused-ring (bicyclic) bond motifs is 1. The lowest BCUT2D eigenvalue weighted by Crippen LogP contribution is -2.31. The van der Waals surface area contributed by atoms with Gasteiger partial charge in [0.15, 0.2) is 0 Å². The number of hydrogen-bond acceptors (Lipinski definition) is 4. The first-order valence-electron chi connectivity index (χ1n) is 7.05. The van der Waals surface area contributed by atoms with E-state index in [1.54, 1.807) is 6.20 Å². The van der Waals surface area contributed by atoms with Crippen LogP contribution >= 0.6 is 0 Å². The van der Waals surface area contributed by atoms with Gasteiger partial charge in [0.1, 0.15) is 0 Å². The summed E-state index contributed by atoms with van der Waals surface area (Å²) in [6.07, 6.45) is 3.79. The molecule has 1 N–H and O–H groups in total. The summed E-state index contributed by atoms with van der Waals surface area (Å²) in [5, 5.41) is 4.44. The van der Waals surface area contributed by atoms with Crippen LogP contribution in [0.15, 0.2) is 36.5 Å². The third-order valence-electron chi connectivity index (χ3n) is 3.37. The molecule has 6 heteroatoms. The first-order valence-corrected chi connectivity index (χ1v) is 8.90. The fraction of sp³-hybridized carbons (Fsp3) is 0.400. The molecule has 0 spiro atoms.